The molecule has 0 aliphatic carbocycles. The third kappa shape index (κ3) is 2.24. The van der Waals surface area contributed by atoms with Crippen molar-refractivity contribution >= 4 is 5.97 Å². The first-order valence-electron chi connectivity index (χ1n) is 5.86. The molecule has 1 aromatic heterocycles. The third-order valence-corrected chi connectivity index (χ3v) is 2.86. The van der Waals surface area contributed by atoms with Crippen LogP contribution in [-0.2, 0) is 11.3 Å². The number of aliphatic carboxylic acids is 1. The number of fused-ring (bicyclic) bond motifs is 1. The van der Waals surface area contributed by atoms with Gasteiger partial charge in [-0.1, -0.05) is 0 Å². The van der Waals surface area contributed by atoms with Gasteiger partial charge in [0.1, 0.15) is 19.8 Å². The molecular formula is C13H12N2O4. The molecule has 2 heterocycles. The number of imidazole rings is 1. The Kier molecular flexibility index (Phi) is 2.83. The second-order valence-corrected chi connectivity index (χ2v) is 4.16. The summed E-state index contributed by atoms with van der Waals surface area (Å²) >= 11 is 0. The lowest BCUT2D eigenvalue weighted by atomic mass is 10.1. The maximum Gasteiger partial charge on any atom is 0.323 e. The molecule has 0 atom stereocenters. The fourth-order valence-electron chi connectivity index (χ4n) is 2.04. The van der Waals surface area contributed by atoms with Crippen molar-refractivity contribution in [3.8, 4) is 22.8 Å². The summed E-state index contributed by atoms with van der Waals surface area (Å²) in [6.07, 6.45) is 3.13. The molecule has 1 aliphatic rings. The van der Waals surface area contributed by atoms with Crippen LogP contribution in [0, 0.1) is 0 Å². The molecule has 19 heavy (non-hydrogen) atoms. The van der Waals surface area contributed by atoms with E-state index in [9.17, 15) is 4.79 Å². The van der Waals surface area contributed by atoms with Crippen LogP contribution in [0.25, 0.3) is 11.3 Å². The fraction of sp³-hybridized carbons (Fsp3) is 0.231. The normalized spacial score (nSPS) is 13.3. The fourth-order valence-corrected chi connectivity index (χ4v) is 2.04. The van der Waals surface area contributed by atoms with Crippen LogP contribution in [-0.4, -0.2) is 33.8 Å². The van der Waals surface area contributed by atoms with Crippen LogP contribution in [0.3, 0.4) is 0 Å². The number of rotatable bonds is 3. The summed E-state index contributed by atoms with van der Waals surface area (Å²) in [4.78, 5) is 14.8. The monoisotopic (exact) mass is 260 g/mol. The smallest absolute Gasteiger partial charge is 0.323 e. The highest BCUT2D eigenvalue weighted by atomic mass is 16.6. The van der Waals surface area contributed by atoms with Crippen LogP contribution in [0.15, 0.2) is 30.7 Å². The van der Waals surface area contributed by atoms with E-state index in [1.165, 1.54) is 6.33 Å². The first kappa shape index (κ1) is 11.6. The molecule has 3 rings (SSSR count). The van der Waals surface area contributed by atoms with E-state index < -0.39 is 5.97 Å². The average molecular weight is 260 g/mol. The summed E-state index contributed by atoms with van der Waals surface area (Å²) in [5, 5.41) is 8.86. The van der Waals surface area contributed by atoms with Crippen molar-refractivity contribution in [1.29, 1.82) is 0 Å². The largest absolute Gasteiger partial charge is 0.486 e. The molecule has 6 nitrogen and oxygen atoms in total. The number of ether oxygens (including phenoxy) is 2. The zero-order valence-corrected chi connectivity index (χ0v) is 10.1. The number of carboxylic acid groups (broad SMARTS) is 1. The second-order valence-electron chi connectivity index (χ2n) is 4.16. The van der Waals surface area contributed by atoms with Crippen LogP contribution in [0.5, 0.6) is 11.5 Å². The predicted octanol–water partition coefficient (Wildman–Crippen LogP) is 1.41. The Morgan fingerprint density at radius 1 is 1.32 bits per heavy atom. The van der Waals surface area contributed by atoms with Crippen molar-refractivity contribution in [2.75, 3.05) is 13.2 Å². The van der Waals surface area contributed by atoms with Gasteiger partial charge in [-0.2, -0.15) is 0 Å². The van der Waals surface area contributed by atoms with Gasteiger partial charge in [0.15, 0.2) is 11.5 Å². The van der Waals surface area contributed by atoms with Crippen LogP contribution < -0.4 is 9.47 Å². The minimum atomic E-state index is -0.906. The Balaban J connectivity index is 1.98. The molecule has 1 aromatic carbocycles. The number of aromatic nitrogens is 2. The van der Waals surface area contributed by atoms with Crippen molar-refractivity contribution < 1.29 is 19.4 Å². The third-order valence-electron chi connectivity index (χ3n) is 2.86. The van der Waals surface area contributed by atoms with Crippen LogP contribution in [0.1, 0.15) is 0 Å². The zero-order valence-electron chi connectivity index (χ0n) is 10.1. The molecule has 0 saturated heterocycles. The lowest BCUT2D eigenvalue weighted by Crippen LogP contribution is -2.15. The maximum absolute atomic E-state index is 10.8. The first-order valence-corrected chi connectivity index (χ1v) is 5.86. The van der Waals surface area contributed by atoms with Gasteiger partial charge in [0.05, 0.1) is 18.2 Å². The van der Waals surface area contributed by atoms with Gasteiger partial charge >= 0.3 is 5.97 Å². The van der Waals surface area contributed by atoms with Crippen molar-refractivity contribution in [3.05, 3.63) is 30.7 Å². The lowest BCUT2D eigenvalue weighted by molar-refractivity contribution is -0.137. The first-order chi connectivity index (χ1) is 9.24. The Morgan fingerprint density at radius 2 is 2.11 bits per heavy atom. The summed E-state index contributed by atoms with van der Waals surface area (Å²) in [5.41, 5.74) is 1.59. The summed E-state index contributed by atoms with van der Waals surface area (Å²) in [6, 6.07) is 5.52. The van der Waals surface area contributed by atoms with Crippen molar-refractivity contribution in [2.45, 2.75) is 6.54 Å². The molecule has 1 N–H and O–H groups in total. The molecule has 98 valence electrons. The van der Waals surface area contributed by atoms with Gasteiger partial charge in [0.2, 0.25) is 0 Å². The Bertz CT molecular complexity index is 621. The quantitative estimate of drug-likeness (QED) is 0.903. The number of nitrogens with zero attached hydrogens (tertiary/aromatic N) is 2. The highest BCUT2D eigenvalue weighted by molar-refractivity contribution is 5.69. The molecule has 0 radical (unpaired) electrons. The van der Waals surface area contributed by atoms with Gasteiger partial charge in [0.25, 0.3) is 0 Å². The molecule has 0 saturated carbocycles. The van der Waals surface area contributed by atoms with Gasteiger partial charge in [-0.3, -0.25) is 4.79 Å². The van der Waals surface area contributed by atoms with E-state index in [2.05, 4.69) is 4.98 Å². The van der Waals surface area contributed by atoms with Crippen molar-refractivity contribution in [3.63, 3.8) is 0 Å². The van der Waals surface area contributed by atoms with E-state index in [-0.39, 0.29) is 6.54 Å². The molecule has 2 aromatic rings. The molecule has 0 unspecified atom stereocenters. The predicted molar refractivity (Wildman–Crippen MR) is 66.3 cm³/mol. The van der Waals surface area contributed by atoms with Crippen LogP contribution in [0.2, 0.25) is 0 Å². The summed E-state index contributed by atoms with van der Waals surface area (Å²) < 4.78 is 12.5. The highest BCUT2D eigenvalue weighted by Crippen LogP contribution is 2.34. The maximum atomic E-state index is 10.8. The zero-order chi connectivity index (χ0) is 13.2. The number of hydrogen-bond donors (Lipinski definition) is 1. The van der Waals surface area contributed by atoms with Gasteiger partial charge in [-0.15, -0.1) is 0 Å². The van der Waals surface area contributed by atoms with Gasteiger partial charge in [-0.25, -0.2) is 4.98 Å². The Labute approximate surface area is 109 Å². The molecule has 0 spiro atoms. The van der Waals surface area contributed by atoms with E-state index in [1.807, 2.05) is 18.2 Å². The molecule has 6 heteroatoms. The van der Waals surface area contributed by atoms with E-state index in [0.29, 0.717) is 24.7 Å². The Morgan fingerprint density at radius 3 is 2.89 bits per heavy atom. The summed E-state index contributed by atoms with van der Waals surface area (Å²) in [5.74, 6) is 0.475. The second kappa shape index (κ2) is 4.64. The van der Waals surface area contributed by atoms with E-state index >= 15 is 0 Å². The molecule has 0 fully saturated rings. The lowest BCUT2D eigenvalue weighted by Gasteiger charge is -2.19. The van der Waals surface area contributed by atoms with E-state index in [0.717, 1.165) is 11.3 Å². The summed E-state index contributed by atoms with van der Waals surface area (Å²) in [6.45, 7) is 0.942. The number of carbonyl (C=O) groups is 1. The molecule has 1 aliphatic heterocycles. The van der Waals surface area contributed by atoms with E-state index in [4.69, 9.17) is 14.6 Å². The molecule has 0 bridgehead atoms. The number of benzene rings is 1. The van der Waals surface area contributed by atoms with Gasteiger partial charge < -0.3 is 19.1 Å². The van der Waals surface area contributed by atoms with E-state index in [1.54, 1.807) is 10.8 Å². The standard InChI is InChI=1S/C13H12N2O4/c16-13(17)7-15-8-14-6-10(15)9-1-2-11-12(5-9)19-4-3-18-11/h1-2,5-6,8H,3-4,7H2,(H,16,17). The topological polar surface area (TPSA) is 73.6 Å². The minimum Gasteiger partial charge on any atom is -0.486 e. The van der Waals surface area contributed by atoms with Gasteiger partial charge in [-0.05, 0) is 18.2 Å². The minimum absolute atomic E-state index is 0.121. The SMILES string of the molecule is O=C(O)Cn1cncc1-c1ccc2c(c1)OCCO2. The van der Waals surface area contributed by atoms with Crippen LogP contribution in [0.4, 0.5) is 0 Å². The van der Waals surface area contributed by atoms with Crippen molar-refractivity contribution in [2.24, 2.45) is 0 Å². The summed E-state index contributed by atoms with van der Waals surface area (Å²) in [7, 11) is 0. The Hall–Kier alpha value is -2.50. The average Bonchev–Trinajstić information content (AvgIpc) is 2.85. The molecular weight excluding hydrogens is 248 g/mol. The number of hydrogen-bond acceptors (Lipinski definition) is 4. The number of carboxylic acids is 1. The van der Waals surface area contributed by atoms with Gasteiger partial charge in [0, 0.05) is 5.56 Å². The molecule has 0 amide bonds. The van der Waals surface area contributed by atoms with Crippen molar-refractivity contribution in [1.82, 2.24) is 9.55 Å². The van der Waals surface area contributed by atoms with Crippen LogP contribution >= 0.6 is 0 Å². The highest BCUT2D eigenvalue weighted by Gasteiger charge is 2.14.